The maximum atomic E-state index is 13.5. The average Bonchev–Trinajstić information content (AvgIpc) is 3.53. The molecule has 3 N–H and O–H groups in total. The quantitative estimate of drug-likeness (QED) is 0.550. The van der Waals surface area contributed by atoms with Gasteiger partial charge in [-0.25, -0.2) is 4.98 Å². The number of likely N-dealkylation sites (tertiary alicyclic amines) is 1. The minimum atomic E-state index is -0.651. The fraction of sp³-hybridized carbons (Fsp3) is 0.654. The summed E-state index contributed by atoms with van der Waals surface area (Å²) in [6.45, 7) is 5.72. The van der Waals surface area contributed by atoms with Crippen molar-refractivity contribution in [2.45, 2.75) is 70.8 Å². The second-order valence-corrected chi connectivity index (χ2v) is 13.0. The Hall–Kier alpha value is -1.81. The van der Waals surface area contributed by atoms with Crippen LogP contribution in [0.1, 0.15) is 78.5 Å². The zero-order chi connectivity index (χ0) is 24.8. The molecular weight excluding hydrogens is 482 g/mol. The number of thiophene rings is 1. The number of aliphatic hydroxyl groups is 2. The SMILES string of the molecule is C[C@]1(CO)[C@H]2Cc3sc(NC(=O)c4cccs4)nc3[C@@H](CC(=O)N3CCCCC3)[C@]2(C)CC[C@H]1O. The zero-order valence-electron chi connectivity index (χ0n) is 20.5. The minimum Gasteiger partial charge on any atom is -0.396 e. The van der Waals surface area contributed by atoms with Gasteiger partial charge in [-0.15, -0.1) is 22.7 Å². The molecule has 0 unspecified atom stereocenters. The fourth-order valence-corrected chi connectivity index (χ4v) is 8.40. The summed E-state index contributed by atoms with van der Waals surface area (Å²) < 4.78 is 0. The van der Waals surface area contributed by atoms with Gasteiger partial charge in [0.25, 0.3) is 5.91 Å². The molecule has 0 radical (unpaired) electrons. The summed E-state index contributed by atoms with van der Waals surface area (Å²) in [6, 6.07) is 3.64. The smallest absolute Gasteiger partial charge is 0.267 e. The highest BCUT2D eigenvalue weighted by Gasteiger charge is 2.59. The highest BCUT2D eigenvalue weighted by molar-refractivity contribution is 7.16. The van der Waals surface area contributed by atoms with Gasteiger partial charge in [-0.2, -0.15) is 0 Å². The van der Waals surface area contributed by atoms with E-state index in [1.54, 1.807) is 6.07 Å². The molecule has 9 heteroatoms. The zero-order valence-corrected chi connectivity index (χ0v) is 22.1. The molecule has 5 atom stereocenters. The highest BCUT2D eigenvalue weighted by Crippen LogP contribution is 2.63. The van der Waals surface area contributed by atoms with Gasteiger partial charge >= 0.3 is 0 Å². The molecule has 5 rings (SSSR count). The number of aromatic nitrogens is 1. The van der Waals surface area contributed by atoms with Gasteiger partial charge < -0.3 is 15.1 Å². The summed E-state index contributed by atoms with van der Waals surface area (Å²) in [5.74, 6) is -0.118. The third-order valence-electron chi connectivity index (χ3n) is 8.95. The third kappa shape index (κ3) is 4.34. The van der Waals surface area contributed by atoms with Gasteiger partial charge in [0, 0.05) is 35.7 Å². The first kappa shape index (κ1) is 24.9. The van der Waals surface area contributed by atoms with Gasteiger partial charge in [0.2, 0.25) is 5.91 Å². The molecule has 1 aliphatic heterocycles. The van der Waals surface area contributed by atoms with E-state index in [-0.39, 0.29) is 35.7 Å². The van der Waals surface area contributed by atoms with E-state index in [0.29, 0.717) is 29.3 Å². The first-order valence-electron chi connectivity index (χ1n) is 12.7. The van der Waals surface area contributed by atoms with E-state index < -0.39 is 11.5 Å². The number of anilines is 1. The second kappa shape index (κ2) is 9.57. The number of nitrogens with zero attached hydrogens (tertiary/aromatic N) is 2. The maximum absolute atomic E-state index is 13.5. The number of hydrogen-bond acceptors (Lipinski definition) is 7. The van der Waals surface area contributed by atoms with Gasteiger partial charge in [-0.1, -0.05) is 19.9 Å². The van der Waals surface area contributed by atoms with Crippen molar-refractivity contribution in [1.82, 2.24) is 9.88 Å². The summed E-state index contributed by atoms with van der Waals surface area (Å²) in [6.07, 6.45) is 5.11. The van der Waals surface area contributed by atoms with Crippen LogP contribution in [0.25, 0.3) is 0 Å². The first-order chi connectivity index (χ1) is 16.8. The number of hydrogen-bond donors (Lipinski definition) is 3. The second-order valence-electron chi connectivity index (χ2n) is 10.9. The molecule has 3 aliphatic rings. The molecule has 3 heterocycles. The lowest BCUT2D eigenvalue weighted by atomic mass is 9.47. The Balaban J connectivity index is 1.50. The molecule has 1 saturated carbocycles. The van der Waals surface area contributed by atoms with E-state index >= 15 is 0 Å². The van der Waals surface area contributed by atoms with E-state index in [9.17, 15) is 19.8 Å². The number of carbonyl (C=O) groups is 2. The fourth-order valence-electron chi connectivity index (χ4n) is 6.71. The molecule has 2 aromatic rings. The van der Waals surface area contributed by atoms with E-state index in [1.165, 1.54) is 29.1 Å². The summed E-state index contributed by atoms with van der Waals surface area (Å²) in [4.78, 5) is 34.7. The number of thiazole rings is 1. The van der Waals surface area contributed by atoms with E-state index in [1.807, 2.05) is 23.3 Å². The Bertz CT molecular complexity index is 1080. The number of piperidine rings is 1. The Morgan fingerprint density at radius 3 is 2.71 bits per heavy atom. The first-order valence-corrected chi connectivity index (χ1v) is 14.4. The minimum absolute atomic E-state index is 0.0108. The molecule has 190 valence electrons. The van der Waals surface area contributed by atoms with Crippen molar-refractivity contribution in [2.75, 3.05) is 25.0 Å². The lowest BCUT2D eigenvalue weighted by molar-refractivity contribution is -0.147. The summed E-state index contributed by atoms with van der Waals surface area (Å²) in [7, 11) is 0. The Kier molecular flexibility index (Phi) is 6.80. The lowest BCUT2D eigenvalue weighted by Crippen LogP contribution is -2.57. The van der Waals surface area contributed by atoms with Crippen LogP contribution in [0.3, 0.4) is 0 Å². The molecule has 35 heavy (non-hydrogen) atoms. The molecule has 2 aromatic heterocycles. The van der Waals surface area contributed by atoms with E-state index in [4.69, 9.17) is 4.98 Å². The standard InChI is InChI=1S/C26H35N3O4S2/c1-25-9-8-20(31)26(2,15-30)19(25)14-18-22(16(25)13-21(32)29-10-4-3-5-11-29)27-24(35-18)28-23(33)17-7-6-12-34-17/h6-7,12,16,19-20,30-31H,3-5,8-11,13-15H2,1-2H3,(H,27,28,33)/t16-,19+,20-,25+,26+/m1/s1. The molecule has 2 amide bonds. The molecule has 2 aliphatic carbocycles. The molecule has 0 spiro atoms. The van der Waals surface area contributed by atoms with Crippen molar-refractivity contribution in [3.05, 3.63) is 33.0 Å². The molecule has 2 fully saturated rings. The number of amides is 2. The van der Waals surface area contributed by atoms with Gasteiger partial charge in [0.05, 0.1) is 23.3 Å². The van der Waals surface area contributed by atoms with Crippen molar-refractivity contribution >= 4 is 39.6 Å². The Morgan fingerprint density at radius 1 is 1.26 bits per heavy atom. The van der Waals surface area contributed by atoms with Crippen molar-refractivity contribution in [3.63, 3.8) is 0 Å². The van der Waals surface area contributed by atoms with Crippen LogP contribution in [0.15, 0.2) is 17.5 Å². The third-order valence-corrected chi connectivity index (χ3v) is 10.8. The predicted octanol–water partition coefficient (Wildman–Crippen LogP) is 4.28. The predicted molar refractivity (Wildman–Crippen MR) is 138 cm³/mol. The van der Waals surface area contributed by atoms with Crippen LogP contribution in [0.2, 0.25) is 0 Å². The lowest BCUT2D eigenvalue weighted by Gasteiger charge is -2.58. The van der Waals surface area contributed by atoms with Crippen molar-refractivity contribution in [1.29, 1.82) is 0 Å². The molecular formula is C26H35N3O4S2. The topological polar surface area (TPSA) is 103 Å². The summed E-state index contributed by atoms with van der Waals surface area (Å²) >= 11 is 2.86. The van der Waals surface area contributed by atoms with E-state index in [0.717, 1.165) is 42.9 Å². The van der Waals surface area contributed by atoms with Crippen LogP contribution in [0, 0.1) is 16.7 Å². The summed E-state index contributed by atoms with van der Waals surface area (Å²) in [5, 5.41) is 26.7. The van der Waals surface area contributed by atoms with Crippen LogP contribution in [0.4, 0.5) is 5.13 Å². The molecule has 1 saturated heterocycles. The largest absolute Gasteiger partial charge is 0.396 e. The van der Waals surface area contributed by atoms with Crippen LogP contribution in [-0.4, -0.2) is 57.7 Å². The molecule has 7 nitrogen and oxygen atoms in total. The van der Waals surface area contributed by atoms with Gasteiger partial charge in [-0.05, 0) is 61.3 Å². The van der Waals surface area contributed by atoms with Gasteiger partial charge in [0.15, 0.2) is 5.13 Å². The maximum Gasteiger partial charge on any atom is 0.267 e. The normalized spacial score (nSPS) is 32.6. The van der Waals surface area contributed by atoms with Crippen LogP contribution < -0.4 is 5.32 Å². The average molecular weight is 518 g/mol. The van der Waals surface area contributed by atoms with Gasteiger partial charge in [-0.3, -0.25) is 14.9 Å². The monoisotopic (exact) mass is 517 g/mol. The molecule has 0 aromatic carbocycles. The Labute approximate surface area is 214 Å². The van der Waals surface area contributed by atoms with Crippen LogP contribution in [0.5, 0.6) is 0 Å². The number of fused-ring (bicyclic) bond motifs is 2. The highest BCUT2D eigenvalue weighted by atomic mass is 32.1. The summed E-state index contributed by atoms with van der Waals surface area (Å²) in [5.41, 5.74) is -0.0167. The number of rotatable bonds is 5. The van der Waals surface area contributed by atoms with Crippen molar-refractivity contribution in [2.24, 2.45) is 16.7 Å². The number of nitrogens with one attached hydrogen (secondary N) is 1. The number of aliphatic hydroxyl groups excluding tert-OH is 2. The molecule has 0 bridgehead atoms. The van der Waals surface area contributed by atoms with Crippen LogP contribution >= 0.6 is 22.7 Å². The van der Waals surface area contributed by atoms with Gasteiger partial charge in [0.1, 0.15) is 0 Å². The van der Waals surface area contributed by atoms with Crippen LogP contribution in [-0.2, 0) is 11.2 Å². The van der Waals surface area contributed by atoms with Crippen molar-refractivity contribution < 1.29 is 19.8 Å². The number of carbonyl (C=O) groups excluding carboxylic acids is 2. The van der Waals surface area contributed by atoms with Crippen molar-refractivity contribution in [3.8, 4) is 0 Å². The van der Waals surface area contributed by atoms with E-state index in [2.05, 4.69) is 12.2 Å². The Morgan fingerprint density at radius 2 is 2.03 bits per heavy atom.